The van der Waals surface area contributed by atoms with Crippen molar-refractivity contribution in [2.45, 2.75) is 33.9 Å². The van der Waals surface area contributed by atoms with Crippen molar-refractivity contribution in [2.75, 3.05) is 5.73 Å². The maximum Gasteiger partial charge on any atom is 0.148 e. The van der Waals surface area contributed by atoms with Gasteiger partial charge in [-0.3, -0.25) is 9.36 Å². The lowest BCUT2D eigenvalue weighted by Gasteiger charge is -2.04. The summed E-state index contributed by atoms with van der Waals surface area (Å²) in [5, 5.41) is 8.64. The molecule has 0 fully saturated rings. The average molecular weight is 219 g/mol. The van der Waals surface area contributed by atoms with Gasteiger partial charge in [0.25, 0.3) is 0 Å². The van der Waals surface area contributed by atoms with Crippen molar-refractivity contribution in [2.24, 2.45) is 0 Å². The van der Waals surface area contributed by atoms with E-state index >= 15 is 0 Å². The minimum atomic E-state index is 0.597. The molecule has 2 aromatic heterocycles. The highest BCUT2D eigenvalue weighted by Gasteiger charge is 2.06. The largest absolute Gasteiger partial charge is 0.382 e. The van der Waals surface area contributed by atoms with Crippen molar-refractivity contribution >= 4 is 5.82 Å². The van der Waals surface area contributed by atoms with Crippen LogP contribution in [0.5, 0.6) is 0 Å². The summed E-state index contributed by atoms with van der Waals surface area (Å²) < 4.78 is 3.84. The SMILES string of the molecule is CCn1nc(C)cc1Cn1cc(C)c(N)n1. The highest BCUT2D eigenvalue weighted by atomic mass is 15.3. The first-order valence-electron chi connectivity index (χ1n) is 5.43. The summed E-state index contributed by atoms with van der Waals surface area (Å²) in [6.45, 7) is 7.63. The predicted molar refractivity (Wildman–Crippen MR) is 63.1 cm³/mol. The summed E-state index contributed by atoms with van der Waals surface area (Å²) >= 11 is 0. The van der Waals surface area contributed by atoms with Crippen molar-refractivity contribution in [3.05, 3.63) is 29.2 Å². The Balaban J connectivity index is 2.26. The van der Waals surface area contributed by atoms with E-state index in [1.54, 1.807) is 0 Å². The summed E-state index contributed by atoms with van der Waals surface area (Å²) in [6.07, 6.45) is 1.96. The van der Waals surface area contributed by atoms with Crippen molar-refractivity contribution in [1.82, 2.24) is 19.6 Å². The number of nitrogens with two attached hydrogens (primary N) is 1. The number of hydrogen-bond donors (Lipinski definition) is 1. The smallest absolute Gasteiger partial charge is 0.148 e. The van der Waals surface area contributed by atoms with E-state index in [1.807, 2.05) is 29.4 Å². The number of aromatic nitrogens is 4. The second kappa shape index (κ2) is 4.00. The van der Waals surface area contributed by atoms with E-state index in [4.69, 9.17) is 5.73 Å². The lowest BCUT2D eigenvalue weighted by molar-refractivity contribution is 0.576. The topological polar surface area (TPSA) is 61.7 Å². The van der Waals surface area contributed by atoms with E-state index in [0.717, 1.165) is 23.5 Å². The molecular weight excluding hydrogens is 202 g/mol. The molecule has 0 radical (unpaired) electrons. The van der Waals surface area contributed by atoms with Crippen molar-refractivity contribution in [1.29, 1.82) is 0 Å². The van der Waals surface area contributed by atoms with Crippen molar-refractivity contribution < 1.29 is 0 Å². The van der Waals surface area contributed by atoms with Crippen LogP contribution in [0.4, 0.5) is 5.82 Å². The van der Waals surface area contributed by atoms with E-state index in [1.165, 1.54) is 0 Å². The van der Waals surface area contributed by atoms with Gasteiger partial charge >= 0.3 is 0 Å². The van der Waals surface area contributed by atoms with Gasteiger partial charge < -0.3 is 5.73 Å². The fraction of sp³-hybridized carbons (Fsp3) is 0.455. The van der Waals surface area contributed by atoms with Crippen LogP contribution in [0.25, 0.3) is 0 Å². The number of hydrogen-bond acceptors (Lipinski definition) is 3. The number of nitrogen functional groups attached to an aromatic ring is 1. The summed E-state index contributed by atoms with van der Waals surface area (Å²) in [5.41, 5.74) is 8.92. The Morgan fingerprint density at radius 2 is 2.06 bits per heavy atom. The highest BCUT2D eigenvalue weighted by Crippen LogP contribution is 2.10. The van der Waals surface area contributed by atoms with Gasteiger partial charge in [-0.05, 0) is 26.8 Å². The second-order valence-electron chi connectivity index (χ2n) is 3.99. The minimum Gasteiger partial charge on any atom is -0.382 e. The summed E-state index contributed by atoms with van der Waals surface area (Å²) in [6, 6.07) is 2.08. The Bertz CT molecular complexity index is 475. The van der Waals surface area contributed by atoms with Gasteiger partial charge in [0.15, 0.2) is 0 Å². The molecule has 2 rings (SSSR count). The van der Waals surface area contributed by atoms with Crippen LogP contribution in [0.1, 0.15) is 23.9 Å². The second-order valence-corrected chi connectivity index (χ2v) is 3.99. The normalized spacial score (nSPS) is 10.9. The van der Waals surface area contributed by atoms with Crippen LogP contribution in [-0.4, -0.2) is 19.6 Å². The zero-order chi connectivity index (χ0) is 11.7. The van der Waals surface area contributed by atoms with Crippen LogP contribution in [-0.2, 0) is 13.1 Å². The minimum absolute atomic E-state index is 0.597. The first-order chi connectivity index (χ1) is 7.60. The van der Waals surface area contributed by atoms with Crippen LogP contribution in [0.3, 0.4) is 0 Å². The Morgan fingerprint density at radius 3 is 2.62 bits per heavy atom. The maximum atomic E-state index is 5.72. The van der Waals surface area contributed by atoms with Crippen molar-refractivity contribution in [3.63, 3.8) is 0 Å². The molecule has 5 heteroatoms. The molecule has 2 aromatic rings. The van der Waals surface area contributed by atoms with Gasteiger partial charge in [-0.25, -0.2) is 0 Å². The number of aryl methyl sites for hydroxylation is 3. The highest BCUT2D eigenvalue weighted by molar-refractivity contribution is 5.35. The van der Waals surface area contributed by atoms with Crippen LogP contribution < -0.4 is 5.73 Å². The van der Waals surface area contributed by atoms with Gasteiger partial charge in [0.05, 0.1) is 17.9 Å². The monoisotopic (exact) mass is 219 g/mol. The van der Waals surface area contributed by atoms with E-state index in [-0.39, 0.29) is 0 Å². The first-order valence-corrected chi connectivity index (χ1v) is 5.43. The zero-order valence-electron chi connectivity index (χ0n) is 9.94. The van der Waals surface area contributed by atoms with E-state index in [0.29, 0.717) is 12.4 Å². The Kier molecular flexibility index (Phi) is 2.68. The van der Waals surface area contributed by atoms with Gasteiger partial charge in [-0.2, -0.15) is 10.2 Å². The zero-order valence-corrected chi connectivity index (χ0v) is 9.94. The predicted octanol–water partition coefficient (Wildman–Crippen LogP) is 1.35. The van der Waals surface area contributed by atoms with Gasteiger partial charge in [0, 0.05) is 18.3 Å². The van der Waals surface area contributed by atoms with Gasteiger partial charge in [0.1, 0.15) is 5.82 Å². The molecule has 0 amide bonds. The third-order valence-corrected chi connectivity index (χ3v) is 2.59. The quantitative estimate of drug-likeness (QED) is 0.847. The third kappa shape index (κ3) is 1.93. The first kappa shape index (κ1) is 10.7. The van der Waals surface area contributed by atoms with E-state index in [2.05, 4.69) is 23.2 Å². The molecule has 0 aromatic carbocycles. The molecule has 0 aliphatic carbocycles. The number of anilines is 1. The Labute approximate surface area is 94.9 Å². The summed E-state index contributed by atoms with van der Waals surface area (Å²) in [7, 11) is 0. The fourth-order valence-electron chi connectivity index (χ4n) is 1.78. The number of nitrogens with zero attached hydrogens (tertiary/aromatic N) is 4. The molecule has 0 bridgehead atoms. The summed E-state index contributed by atoms with van der Waals surface area (Å²) in [5.74, 6) is 0.597. The maximum absolute atomic E-state index is 5.72. The lowest BCUT2D eigenvalue weighted by Crippen LogP contribution is -2.08. The van der Waals surface area contributed by atoms with Crippen LogP contribution in [0, 0.1) is 13.8 Å². The van der Waals surface area contributed by atoms with Crippen molar-refractivity contribution in [3.8, 4) is 0 Å². The molecule has 0 aliphatic heterocycles. The third-order valence-electron chi connectivity index (χ3n) is 2.59. The molecule has 0 saturated heterocycles. The molecule has 0 spiro atoms. The molecule has 5 nitrogen and oxygen atoms in total. The number of rotatable bonds is 3. The molecule has 2 N–H and O–H groups in total. The molecule has 0 aliphatic rings. The molecule has 0 unspecified atom stereocenters. The van der Waals surface area contributed by atoms with Gasteiger partial charge in [-0.15, -0.1) is 0 Å². The van der Waals surface area contributed by atoms with E-state index < -0.39 is 0 Å². The van der Waals surface area contributed by atoms with Gasteiger partial charge in [-0.1, -0.05) is 0 Å². The molecule has 0 saturated carbocycles. The Morgan fingerprint density at radius 1 is 1.31 bits per heavy atom. The average Bonchev–Trinajstić information content (AvgIpc) is 2.72. The molecule has 16 heavy (non-hydrogen) atoms. The van der Waals surface area contributed by atoms with Crippen LogP contribution >= 0.6 is 0 Å². The fourth-order valence-corrected chi connectivity index (χ4v) is 1.78. The van der Waals surface area contributed by atoms with E-state index in [9.17, 15) is 0 Å². The van der Waals surface area contributed by atoms with Crippen LogP contribution in [0.15, 0.2) is 12.3 Å². The summed E-state index contributed by atoms with van der Waals surface area (Å²) in [4.78, 5) is 0. The molecule has 86 valence electrons. The molecular formula is C11H17N5. The Hall–Kier alpha value is -1.78. The standard InChI is InChI=1S/C11H17N5/c1-4-16-10(5-9(3)13-16)7-15-6-8(2)11(12)14-15/h5-6H,4,7H2,1-3H3,(H2,12,14). The van der Waals surface area contributed by atoms with Crippen LogP contribution in [0.2, 0.25) is 0 Å². The molecule has 2 heterocycles. The molecule has 0 atom stereocenters. The lowest BCUT2D eigenvalue weighted by atomic mass is 10.3. The van der Waals surface area contributed by atoms with Gasteiger partial charge in [0.2, 0.25) is 0 Å².